The second-order valence-corrected chi connectivity index (χ2v) is 6.11. The summed E-state index contributed by atoms with van der Waals surface area (Å²) >= 11 is 4.04. The van der Waals surface area contributed by atoms with Gasteiger partial charge < -0.3 is 10.2 Å². The summed E-state index contributed by atoms with van der Waals surface area (Å²) in [5.41, 5.74) is 0. The first kappa shape index (κ1) is 13.7. The van der Waals surface area contributed by atoms with Gasteiger partial charge in [-0.3, -0.25) is 0 Å². The summed E-state index contributed by atoms with van der Waals surface area (Å²) < 4.78 is 0. The van der Waals surface area contributed by atoms with E-state index in [4.69, 9.17) is 0 Å². The topological polar surface area (TPSA) is 15.3 Å². The van der Waals surface area contributed by atoms with E-state index in [0.29, 0.717) is 0 Å². The molecule has 15 heavy (non-hydrogen) atoms. The average Bonchev–Trinajstić information content (AvgIpc) is 2.29. The molecule has 1 fully saturated rings. The third-order valence-electron chi connectivity index (χ3n) is 2.66. The molecule has 0 aromatic carbocycles. The van der Waals surface area contributed by atoms with Gasteiger partial charge in [0, 0.05) is 37.7 Å². The quantitative estimate of drug-likeness (QED) is 0.658. The van der Waals surface area contributed by atoms with Crippen LogP contribution in [0.5, 0.6) is 0 Å². The van der Waals surface area contributed by atoms with E-state index in [-0.39, 0.29) is 0 Å². The molecule has 0 aromatic heterocycles. The van der Waals surface area contributed by atoms with Gasteiger partial charge in [-0.15, -0.1) is 0 Å². The Balaban J connectivity index is 1.79. The van der Waals surface area contributed by atoms with Crippen LogP contribution in [0.1, 0.15) is 12.8 Å². The largest absolute Gasteiger partial charge is 0.315 e. The lowest BCUT2D eigenvalue weighted by atomic mass is 10.3. The monoisotopic (exact) mass is 248 g/mol. The first-order valence-electron chi connectivity index (χ1n) is 5.93. The van der Waals surface area contributed by atoms with E-state index < -0.39 is 0 Å². The Labute approximate surface area is 103 Å². The smallest absolute Gasteiger partial charge is 0.0107 e. The number of nitrogens with zero attached hydrogens (tertiary/aromatic N) is 1. The number of thioether (sulfide) groups is 2. The minimum absolute atomic E-state index is 1.17. The fourth-order valence-electron chi connectivity index (χ4n) is 1.68. The summed E-state index contributed by atoms with van der Waals surface area (Å²) in [5.74, 6) is 3.96. The highest BCUT2D eigenvalue weighted by atomic mass is 32.2. The van der Waals surface area contributed by atoms with Gasteiger partial charge in [-0.25, -0.2) is 0 Å². The molecule has 0 unspecified atom stereocenters. The van der Waals surface area contributed by atoms with Crippen LogP contribution in [-0.4, -0.2) is 61.1 Å². The van der Waals surface area contributed by atoms with Crippen molar-refractivity contribution in [2.45, 2.75) is 12.8 Å². The zero-order valence-electron chi connectivity index (χ0n) is 9.83. The zero-order chi connectivity index (χ0) is 10.8. The van der Waals surface area contributed by atoms with E-state index in [9.17, 15) is 0 Å². The van der Waals surface area contributed by atoms with Gasteiger partial charge in [0.15, 0.2) is 0 Å². The molecule has 1 rings (SSSR count). The highest BCUT2D eigenvalue weighted by Crippen LogP contribution is 2.07. The number of nitrogens with one attached hydrogen (secondary N) is 1. The molecular formula is C11H24N2S2. The van der Waals surface area contributed by atoms with E-state index >= 15 is 0 Å². The van der Waals surface area contributed by atoms with Crippen molar-refractivity contribution in [3.8, 4) is 0 Å². The molecule has 1 saturated heterocycles. The van der Waals surface area contributed by atoms with Gasteiger partial charge in [-0.1, -0.05) is 0 Å². The maximum atomic E-state index is 3.53. The van der Waals surface area contributed by atoms with Crippen molar-refractivity contribution in [1.29, 1.82) is 0 Å². The summed E-state index contributed by atoms with van der Waals surface area (Å²) in [4.78, 5) is 2.57. The lowest BCUT2D eigenvalue weighted by Gasteiger charge is -2.26. The van der Waals surface area contributed by atoms with Gasteiger partial charge in [0.05, 0.1) is 0 Å². The minimum Gasteiger partial charge on any atom is -0.315 e. The summed E-state index contributed by atoms with van der Waals surface area (Å²) in [5, 5.41) is 3.53. The molecule has 0 spiro atoms. The van der Waals surface area contributed by atoms with Gasteiger partial charge in [0.25, 0.3) is 0 Å². The molecule has 0 saturated carbocycles. The molecule has 2 nitrogen and oxygen atoms in total. The molecule has 0 atom stereocenters. The molecule has 1 aliphatic rings. The van der Waals surface area contributed by atoms with Crippen LogP contribution in [0.25, 0.3) is 0 Å². The first-order valence-corrected chi connectivity index (χ1v) is 8.48. The maximum absolute atomic E-state index is 3.53. The highest BCUT2D eigenvalue weighted by Gasteiger charge is 2.08. The molecule has 4 heteroatoms. The molecule has 0 bridgehead atoms. The van der Waals surface area contributed by atoms with Crippen LogP contribution >= 0.6 is 23.5 Å². The molecule has 0 amide bonds. The Bertz CT molecular complexity index is 139. The molecule has 0 radical (unpaired) electrons. The molecular weight excluding hydrogens is 224 g/mol. The molecule has 0 aromatic rings. The van der Waals surface area contributed by atoms with Crippen molar-refractivity contribution in [2.75, 3.05) is 56.2 Å². The van der Waals surface area contributed by atoms with Crippen LogP contribution in [0.15, 0.2) is 0 Å². The SMILES string of the molecule is CSCCCCNCCN1CCSCC1. The number of unbranched alkanes of at least 4 members (excludes halogenated alkanes) is 1. The van der Waals surface area contributed by atoms with Crippen LogP contribution in [0.4, 0.5) is 0 Å². The van der Waals surface area contributed by atoms with E-state index in [1.165, 1.54) is 62.8 Å². The van der Waals surface area contributed by atoms with E-state index in [1.54, 1.807) is 0 Å². The van der Waals surface area contributed by atoms with Crippen molar-refractivity contribution >= 4 is 23.5 Å². The second-order valence-electron chi connectivity index (χ2n) is 3.90. The molecule has 1 heterocycles. The summed E-state index contributed by atoms with van der Waals surface area (Å²) in [7, 11) is 0. The van der Waals surface area contributed by atoms with Gasteiger partial charge >= 0.3 is 0 Å². The van der Waals surface area contributed by atoms with Crippen molar-refractivity contribution in [3.63, 3.8) is 0 Å². The van der Waals surface area contributed by atoms with Crippen molar-refractivity contribution in [2.24, 2.45) is 0 Å². The summed E-state index contributed by atoms with van der Waals surface area (Å²) in [6, 6.07) is 0. The Hall–Kier alpha value is 0.620. The third-order valence-corrected chi connectivity index (χ3v) is 4.30. The lowest BCUT2D eigenvalue weighted by molar-refractivity contribution is 0.301. The van der Waals surface area contributed by atoms with Crippen LogP contribution < -0.4 is 5.32 Å². The Morgan fingerprint density at radius 2 is 2.00 bits per heavy atom. The normalized spacial score (nSPS) is 18.2. The predicted octanol–water partition coefficient (Wildman–Crippen LogP) is 1.77. The zero-order valence-corrected chi connectivity index (χ0v) is 11.5. The van der Waals surface area contributed by atoms with Crippen LogP contribution in [-0.2, 0) is 0 Å². The minimum atomic E-state index is 1.17. The second kappa shape index (κ2) is 9.82. The fraction of sp³-hybridized carbons (Fsp3) is 1.00. The average molecular weight is 248 g/mol. The Morgan fingerprint density at radius 1 is 1.20 bits per heavy atom. The van der Waals surface area contributed by atoms with E-state index in [2.05, 4.69) is 28.2 Å². The van der Waals surface area contributed by atoms with E-state index in [0.717, 1.165) is 0 Å². The van der Waals surface area contributed by atoms with Crippen molar-refractivity contribution in [1.82, 2.24) is 10.2 Å². The third kappa shape index (κ3) is 7.50. The summed E-state index contributed by atoms with van der Waals surface area (Å²) in [6.07, 6.45) is 4.87. The van der Waals surface area contributed by atoms with Crippen LogP contribution in [0.3, 0.4) is 0 Å². The maximum Gasteiger partial charge on any atom is 0.0107 e. The van der Waals surface area contributed by atoms with E-state index in [1.807, 2.05) is 11.8 Å². The standard InChI is InChI=1S/C11H24N2S2/c1-14-9-3-2-4-12-5-6-13-7-10-15-11-8-13/h12H,2-11H2,1H3. The molecule has 1 aliphatic heterocycles. The predicted molar refractivity (Wildman–Crippen MR) is 74.3 cm³/mol. The van der Waals surface area contributed by atoms with Gasteiger partial charge in [-0.05, 0) is 31.4 Å². The molecule has 90 valence electrons. The van der Waals surface area contributed by atoms with Crippen molar-refractivity contribution in [3.05, 3.63) is 0 Å². The van der Waals surface area contributed by atoms with Crippen LogP contribution in [0, 0.1) is 0 Å². The van der Waals surface area contributed by atoms with Crippen molar-refractivity contribution < 1.29 is 0 Å². The van der Waals surface area contributed by atoms with Gasteiger partial charge in [0.1, 0.15) is 0 Å². The molecule has 1 N–H and O–H groups in total. The fourth-order valence-corrected chi connectivity index (χ4v) is 3.15. The Morgan fingerprint density at radius 3 is 2.73 bits per heavy atom. The van der Waals surface area contributed by atoms with Crippen LogP contribution in [0.2, 0.25) is 0 Å². The lowest BCUT2D eigenvalue weighted by Crippen LogP contribution is -2.37. The highest BCUT2D eigenvalue weighted by molar-refractivity contribution is 7.99. The number of hydrogen-bond acceptors (Lipinski definition) is 4. The molecule has 0 aliphatic carbocycles. The summed E-state index contributed by atoms with van der Waals surface area (Å²) in [6.45, 7) is 6.19. The number of hydrogen-bond donors (Lipinski definition) is 1. The number of rotatable bonds is 8. The first-order chi connectivity index (χ1) is 7.43. The van der Waals surface area contributed by atoms with Gasteiger partial charge in [-0.2, -0.15) is 23.5 Å². The Kier molecular flexibility index (Phi) is 8.96. The van der Waals surface area contributed by atoms with Gasteiger partial charge in [0.2, 0.25) is 0 Å².